The van der Waals surface area contributed by atoms with E-state index in [0.717, 1.165) is 0 Å². The molecule has 0 aliphatic rings. The number of ether oxygens (including phenoxy) is 1. The third-order valence-electron chi connectivity index (χ3n) is 3.06. The van der Waals surface area contributed by atoms with Crippen LogP contribution in [-0.2, 0) is 0 Å². The van der Waals surface area contributed by atoms with Crippen LogP contribution >= 0.6 is 0 Å². The average molecular weight is 287 g/mol. The average Bonchev–Trinajstić information content (AvgIpc) is 2.90. The van der Waals surface area contributed by atoms with Crippen LogP contribution in [0.3, 0.4) is 0 Å². The molecule has 0 bridgehead atoms. The number of methoxy groups -OCH3 is 1. The number of pyridine rings is 1. The quantitative estimate of drug-likeness (QED) is 0.799. The molecule has 2 heterocycles. The predicted molar refractivity (Wildman–Crippen MR) is 71.9 cm³/mol. The zero-order valence-corrected chi connectivity index (χ0v) is 10.9. The summed E-state index contributed by atoms with van der Waals surface area (Å²) in [5.41, 5.74) is 1.05. The number of aromatic nitrogens is 3. The number of carboxylic acid groups (broad SMARTS) is 1. The SMILES string of the molecule is COc1ccc(-c2nnc3ccc(C(=O)O)cn23)cc1F. The molecule has 106 valence electrons. The zero-order chi connectivity index (χ0) is 15.0. The van der Waals surface area contributed by atoms with Crippen molar-refractivity contribution in [1.82, 2.24) is 14.6 Å². The largest absolute Gasteiger partial charge is 0.494 e. The summed E-state index contributed by atoms with van der Waals surface area (Å²) in [6, 6.07) is 7.35. The van der Waals surface area contributed by atoms with Gasteiger partial charge < -0.3 is 9.84 Å². The molecule has 21 heavy (non-hydrogen) atoms. The van der Waals surface area contributed by atoms with Gasteiger partial charge >= 0.3 is 5.97 Å². The lowest BCUT2D eigenvalue weighted by atomic mass is 10.2. The predicted octanol–water partition coefficient (Wildman–Crippen LogP) is 2.24. The van der Waals surface area contributed by atoms with Crippen molar-refractivity contribution < 1.29 is 19.0 Å². The topological polar surface area (TPSA) is 76.7 Å². The molecule has 0 saturated carbocycles. The first-order valence-electron chi connectivity index (χ1n) is 6.02. The summed E-state index contributed by atoms with van der Waals surface area (Å²) in [6.07, 6.45) is 1.40. The van der Waals surface area contributed by atoms with Crippen LogP contribution in [0.4, 0.5) is 4.39 Å². The third kappa shape index (κ3) is 2.18. The van der Waals surface area contributed by atoms with Gasteiger partial charge in [0.25, 0.3) is 0 Å². The van der Waals surface area contributed by atoms with Crippen molar-refractivity contribution in [2.75, 3.05) is 7.11 Å². The standard InChI is InChI=1S/C14H10FN3O3/c1-21-11-4-2-8(6-10(11)15)13-17-16-12-5-3-9(14(19)20)7-18(12)13/h2-7H,1H3,(H,19,20). The van der Waals surface area contributed by atoms with Gasteiger partial charge in [-0.2, -0.15) is 0 Å². The lowest BCUT2D eigenvalue weighted by molar-refractivity contribution is 0.0696. The number of carboxylic acids is 1. The van der Waals surface area contributed by atoms with Crippen molar-refractivity contribution in [3.8, 4) is 17.1 Å². The summed E-state index contributed by atoms with van der Waals surface area (Å²) in [6.45, 7) is 0. The Morgan fingerprint density at radius 3 is 2.76 bits per heavy atom. The Labute approximate surface area is 118 Å². The highest BCUT2D eigenvalue weighted by atomic mass is 19.1. The lowest BCUT2D eigenvalue weighted by Crippen LogP contribution is -1.99. The van der Waals surface area contributed by atoms with Gasteiger partial charge in [0.1, 0.15) is 0 Å². The fourth-order valence-electron chi connectivity index (χ4n) is 2.02. The van der Waals surface area contributed by atoms with Crippen LogP contribution in [0.2, 0.25) is 0 Å². The van der Waals surface area contributed by atoms with Crippen molar-refractivity contribution in [2.45, 2.75) is 0 Å². The molecule has 0 saturated heterocycles. The van der Waals surface area contributed by atoms with E-state index in [9.17, 15) is 9.18 Å². The second kappa shape index (κ2) is 4.86. The number of nitrogens with zero attached hydrogens (tertiary/aromatic N) is 3. The fourth-order valence-corrected chi connectivity index (χ4v) is 2.02. The molecule has 0 aliphatic heterocycles. The number of halogens is 1. The maximum absolute atomic E-state index is 13.8. The van der Waals surface area contributed by atoms with Crippen LogP contribution in [0.25, 0.3) is 17.0 Å². The van der Waals surface area contributed by atoms with Gasteiger partial charge in [-0.05, 0) is 30.3 Å². The first-order chi connectivity index (χ1) is 10.1. The minimum absolute atomic E-state index is 0.0949. The molecule has 2 aromatic heterocycles. The van der Waals surface area contributed by atoms with Crippen molar-refractivity contribution in [2.24, 2.45) is 0 Å². The maximum atomic E-state index is 13.8. The molecule has 0 aliphatic carbocycles. The van der Waals surface area contributed by atoms with Gasteiger partial charge in [-0.3, -0.25) is 4.40 Å². The first kappa shape index (κ1) is 13.0. The lowest BCUT2D eigenvalue weighted by Gasteiger charge is -2.04. The number of rotatable bonds is 3. The second-order valence-electron chi connectivity index (χ2n) is 4.32. The molecule has 0 unspecified atom stereocenters. The molecule has 0 amide bonds. The number of carbonyl (C=O) groups is 1. The number of benzene rings is 1. The number of fused-ring (bicyclic) bond motifs is 1. The molecule has 0 radical (unpaired) electrons. The Balaban J connectivity index is 2.18. The Hall–Kier alpha value is -2.96. The summed E-state index contributed by atoms with van der Waals surface area (Å²) in [4.78, 5) is 11.0. The van der Waals surface area contributed by atoms with E-state index in [1.807, 2.05) is 0 Å². The normalized spacial score (nSPS) is 10.8. The Bertz CT molecular complexity index is 845. The minimum atomic E-state index is -1.06. The number of hydrogen-bond donors (Lipinski definition) is 1. The summed E-state index contributed by atoms with van der Waals surface area (Å²) in [5, 5.41) is 16.9. The summed E-state index contributed by atoms with van der Waals surface area (Å²) >= 11 is 0. The van der Waals surface area contributed by atoms with Crippen LogP contribution in [0.5, 0.6) is 5.75 Å². The van der Waals surface area contributed by atoms with Gasteiger partial charge in [0.05, 0.1) is 12.7 Å². The third-order valence-corrected chi connectivity index (χ3v) is 3.06. The van der Waals surface area contributed by atoms with E-state index in [0.29, 0.717) is 17.0 Å². The van der Waals surface area contributed by atoms with E-state index >= 15 is 0 Å². The van der Waals surface area contributed by atoms with Gasteiger partial charge in [-0.25, -0.2) is 9.18 Å². The molecule has 7 heteroatoms. The number of aromatic carboxylic acids is 1. The van der Waals surface area contributed by atoms with E-state index in [1.165, 1.54) is 35.9 Å². The molecule has 1 aromatic carbocycles. The van der Waals surface area contributed by atoms with Gasteiger partial charge in [0.15, 0.2) is 23.0 Å². The van der Waals surface area contributed by atoms with E-state index in [2.05, 4.69) is 10.2 Å². The molecule has 1 N–H and O–H groups in total. The second-order valence-corrected chi connectivity index (χ2v) is 4.32. The van der Waals surface area contributed by atoms with Gasteiger partial charge in [0.2, 0.25) is 0 Å². The van der Waals surface area contributed by atoms with Crippen molar-refractivity contribution in [3.63, 3.8) is 0 Å². The summed E-state index contributed by atoms with van der Waals surface area (Å²) in [5.74, 6) is -1.10. The Kier molecular flexibility index (Phi) is 3.02. The fraction of sp³-hybridized carbons (Fsp3) is 0.0714. The van der Waals surface area contributed by atoms with Gasteiger partial charge in [-0.1, -0.05) is 0 Å². The summed E-state index contributed by atoms with van der Waals surface area (Å²) < 4.78 is 20.1. The van der Waals surface area contributed by atoms with Crippen molar-refractivity contribution >= 4 is 11.6 Å². The molecule has 0 fully saturated rings. The highest BCUT2D eigenvalue weighted by Gasteiger charge is 2.13. The van der Waals surface area contributed by atoms with E-state index in [4.69, 9.17) is 9.84 Å². The Morgan fingerprint density at radius 2 is 2.10 bits per heavy atom. The summed E-state index contributed by atoms with van der Waals surface area (Å²) in [7, 11) is 1.38. The van der Waals surface area contributed by atoms with Crippen molar-refractivity contribution in [1.29, 1.82) is 0 Å². The van der Waals surface area contributed by atoms with E-state index in [-0.39, 0.29) is 11.3 Å². The monoisotopic (exact) mass is 287 g/mol. The molecule has 0 atom stereocenters. The highest BCUT2D eigenvalue weighted by molar-refractivity contribution is 5.87. The maximum Gasteiger partial charge on any atom is 0.337 e. The highest BCUT2D eigenvalue weighted by Crippen LogP contribution is 2.25. The molecule has 3 rings (SSSR count). The van der Waals surface area contributed by atoms with E-state index in [1.54, 1.807) is 12.1 Å². The minimum Gasteiger partial charge on any atom is -0.494 e. The number of hydrogen-bond acceptors (Lipinski definition) is 4. The van der Waals surface area contributed by atoms with Crippen LogP contribution in [0.15, 0.2) is 36.5 Å². The van der Waals surface area contributed by atoms with E-state index < -0.39 is 11.8 Å². The van der Waals surface area contributed by atoms with Crippen LogP contribution in [-0.4, -0.2) is 32.8 Å². The zero-order valence-electron chi connectivity index (χ0n) is 10.9. The van der Waals surface area contributed by atoms with Crippen LogP contribution in [0.1, 0.15) is 10.4 Å². The van der Waals surface area contributed by atoms with Crippen LogP contribution < -0.4 is 4.74 Å². The molecule has 6 nitrogen and oxygen atoms in total. The van der Waals surface area contributed by atoms with Crippen LogP contribution in [0, 0.1) is 5.82 Å². The molecular formula is C14H10FN3O3. The van der Waals surface area contributed by atoms with Crippen molar-refractivity contribution in [3.05, 3.63) is 47.9 Å². The smallest absolute Gasteiger partial charge is 0.337 e. The molecular weight excluding hydrogens is 277 g/mol. The first-order valence-corrected chi connectivity index (χ1v) is 6.02. The molecule has 0 spiro atoms. The molecule has 3 aromatic rings. The van der Waals surface area contributed by atoms with Gasteiger partial charge in [0, 0.05) is 11.8 Å². The Morgan fingerprint density at radius 1 is 1.29 bits per heavy atom. The van der Waals surface area contributed by atoms with Gasteiger partial charge in [-0.15, -0.1) is 10.2 Å².